The zero-order valence-corrected chi connectivity index (χ0v) is 10.9. The summed E-state index contributed by atoms with van der Waals surface area (Å²) >= 11 is 9.66. The highest BCUT2D eigenvalue weighted by Gasteiger charge is 2.36. The highest BCUT2D eigenvalue weighted by atomic mass is 35.5. The maximum atomic E-state index is 12.7. The van der Waals surface area contributed by atoms with E-state index in [0.29, 0.717) is 21.8 Å². The number of thiol groups is 1. The first-order valence-corrected chi connectivity index (χ1v) is 5.88. The third kappa shape index (κ3) is 2.37. The molecule has 0 aliphatic rings. The summed E-state index contributed by atoms with van der Waals surface area (Å²) in [5.41, 5.74) is 0.688. The van der Waals surface area contributed by atoms with Gasteiger partial charge in [0.15, 0.2) is 0 Å². The minimum Gasteiger partial charge on any atom is -0.350 e. The van der Waals surface area contributed by atoms with Gasteiger partial charge in [-0.15, -0.1) is 12.6 Å². The van der Waals surface area contributed by atoms with Gasteiger partial charge in [-0.25, -0.2) is 0 Å². The highest BCUT2D eigenvalue weighted by molar-refractivity contribution is 7.80. The van der Waals surface area contributed by atoms with Gasteiger partial charge < -0.3 is 4.98 Å². The van der Waals surface area contributed by atoms with Gasteiger partial charge in [0.05, 0.1) is 0 Å². The van der Waals surface area contributed by atoms with E-state index in [1.165, 1.54) is 0 Å². The second-order valence-electron chi connectivity index (χ2n) is 3.85. The van der Waals surface area contributed by atoms with Gasteiger partial charge in [-0.1, -0.05) is 23.7 Å². The number of hydrogen-bond donors (Lipinski definition) is 2. The molecule has 6 heteroatoms. The van der Waals surface area contributed by atoms with E-state index >= 15 is 0 Å². The lowest BCUT2D eigenvalue weighted by Gasteiger charge is -2.04. The first-order chi connectivity index (χ1) is 8.30. The van der Waals surface area contributed by atoms with Crippen molar-refractivity contribution in [2.75, 3.05) is 0 Å². The SMILES string of the molecule is Cc1c(-c2ccc(Cl)cc2)[nH]c(C(F)(F)F)c1S. The molecule has 0 amide bonds. The van der Waals surface area contributed by atoms with Gasteiger partial charge in [0, 0.05) is 15.6 Å². The average Bonchev–Trinajstić information content (AvgIpc) is 2.57. The Morgan fingerprint density at radius 1 is 1.17 bits per heavy atom. The van der Waals surface area contributed by atoms with Gasteiger partial charge >= 0.3 is 6.18 Å². The van der Waals surface area contributed by atoms with Gasteiger partial charge in [0.25, 0.3) is 0 Å². The summed E-state index contributed by atoms with van der Waals surface area (Å²) in [4.78, 5) is 2.30. The summed E-state index contributed by atoms with van der Waals surface area (Å²) in [7, 11) is 0. The van der Waals surface area contributed by atoms with Crippen LogP contribution in [0.25, 0.3) is 11.3 Å². The van der Waals surface area contributed by atoms with Crippen LogP contribution in [0.1, 0.15) is 11.3 Å². The van der Waals surface area contributed by atoms with Crippen molar-refractivity contribution < 1.29 is 13.2 Å². The molecular weight excluding hydrogens is 283 g/mol. The van der Waals surface area contributed by atoms with E-state index in [2.05, 4.69) is 17.6 Å². The molecule has 0 aliphatic carbocycles. The van der Waals surface area contributed by atoms with Gasteiger partial charge in [-0.2, -0.15) is 13.2 Å². The summed E-state index contributed by atoms with van der Waals surface area (Å²) in [5, 5.41) is 0.533. The molecular formula is C12H9ClF3NS. The molecule has 1 N–H and O–H groups in total. The van der Waals surface area contributed by atoms with Crippen molar-refractivity contribution in [3.8, 4) is 11.3 Å². The van der Waals surface area contributed by atoms with Crippen LogP contribution >= 0.6 is 24.2 Å². The van der Waals surface area contributed by atoms with Crippen molar-refractivity contribution >= 4 is 24.2 Å². The number of aromatic nitrogens is 1. The zero-order valence-electron chi connectivity index (χ0n) is 9.27. The van der Waals surface area contributed by atoms with Crippen LogP contribution in [-0.4, -0.2) is 4.98 Å². The molecule has 0 fully saturated rings. The molecule has 0 saturated carbocycles. The van der Waals surface area contributed by atoms with E-state index < -0.39 is 11.9 Å². The molecule has 1 nitrogen and oxygen atoms in total. The van der Waals surface area contributed by atoms with Crippen LogP contribution in [0.3, 0.4) is 0 Å². The van der Waals surface area contributed by atoms with Gasteiger partial charge in [0.1, 0.15) is 5.69 Å². The van der Waals surface area contributed by atoms with Crippen molar-refractivity contribution in [3.05, 3.63) is 40.5 Å². The molecule has 0 radical (unpaired) electrons. The molecule has 2 aromatic rings. The molecule has 1 aromatic heterocycles. The Bertz CT molecular complexity index is 572. The van der Waals surface area contributed by atoms with Gasteiger partial charge in [-0.3, -0.25) is 0 Å². The van der Waals surface area contributed by atoms with E-state index in [1.54, 1.807) is 31.2 Å². The van der Waals surface area contributed by atoms with Crippen LogP contribution in [0.2, 0.25) is 5.02 Å². The number of H-pyrrole nitrogens is 1. The minimum absolute atomic E-state index is 0.0764. The Balaban J connectivity index is 2.56. The molecule has 1 heterocycles. The van der Waals surface area contributed by atoms with Crippen LogP contribution in [0.15, 0.2) is 29.2 Å². The Morgan fingerprint density at radius 3 is 2.17 bits per heavy atom. The molecule has 96 valence electrons. The quantitative estimate of drug-likeness (QED) is 0.692. The smallest absolute Gasteiger partial charge is 0.350 e. The number of hydrogen-bond acceptors (Lipinski definition) is 1. The second kappa shape index (κ2) is 4.55. The summed E-state index contributed by atoms with van der Waals surface area (Å²) in [6.07, 6.45) is -4.44. The van der Waals surface area contributed by atoms with Crippen LogP contribution < -0.4 is 0 Å². The topological polar surface area (TPSA) is 15.8 Å². The van der Waals surface area contributed by atoms with Gasteiger partial charge in [0.2, 0.25) is 0 Å². The monoisotopic (exact) mass is 291 g/mol. The van der Waals surface area contributed by atoms with E-state index in [1.807, 2.05) is 0 Å². The number of nitrogens with one attached hydrogen (secondary N) is 1. The lowest BCUT2D eigenvalue weighted by atomic mass is 10.1. The van der Waals surface area contributed by atoms with Gasteiger partial charge in [-0.05, 0) is 30.2 Å². The number of aromatic amines is 1. The summed E-state index contributed by atoms with van der Waals surface area (Å²) in [6, 6.07) is 6.58. The van der Waals surface area contributed by atoms with E-state index in [0.717, 1.165) is 0 Å². The van der Waals surface area contributed by atoms with Crippen molar-refractivity contribution in [1.82, 2.24) is 4.98 Å². The Hall–Kier alpha value is -1.07. The summed E-state index contributed by atoms with van der Waals surface area (Å²) < 4.78 is 38.2. The molecule has 0 unspecified atom stereocenters. The standard InChI is InChI=1S/C12H9ClF3NS/c1-6-9(7-2-4-8(13)5-3-7)17-11(10(6)18)12(14,15)16/h2-5,17-18H,1H3. The van der Waals surface area contributed by atoms with E-state index in [-0.39, 0.29) is 4.90 Å². The highest BCUT2D eigenvalue weighted by Crippen LogP contribution is 2.39. The predicted molar refractivity (Wildman–Crippen MR) is 68.2 cm³/mol. The van der Waals surface area contributed by atoms with Crippen molar-refractivity contribution in [2.45, 2.75) is 18.0 Å². The molecule has 18 heavy (non-hydrogen) atoms. The Labute approximate surface area is 112 Å². The molecule has 2 rings (SSSR count). The third-order valence-electron chi connectivity index (χ3n) is 2.63. The molecule has 0 bridgehead atoms. The number of benzene rings is 1. The fourth-order valence-corrected chi connectivity index (χ4v) is 2.11. The Kier molecular flexibility index (Phi) is 3.38. The van der Waals surface area contributed by atoms with E-state index in [9.17, 15) is 13.2 Å². The van der Waals surface area contributed by atoms with Crippen molar-refractivity contribution in [3.63, 3.8) is 0 Å². The number of alkyl halides is 3. The first kappa shape index (κ1) is 13.4. The molecule has 0 saturated heterocycles. The number of rotatable bonds is 1. The van der Waals surface area contributed by atoms with Crippen LogP contribution in [0.5, 0.6) is 0 Å². The molecule has 0 aliphatic heterocycles. The minimum atomic E-state index is -4.44. The van der Waals surface area contributed by atoms with Crippen LogP contribution in [0, 0.1) is 6.92 Å². The van der Waals surface area contributed by atoms with Crippen molar-refractivity contribution in [2.24, 2.45) is 0 Å². The normalized spacial score (nSPS) is 11.9. The summed E-state index contributed by atoms with van der Waals surface area (Å²) in [5.74, 6) is 0. The maximum absolute atomic E-state index is 12.7. The summed E-state index contributed by atoms with van der Waals surface area (Å²) in [6.45, 7) is 1.60. The third-order valence-corrected chi connectivity index (χ3v) is 3.44. The number of halogens is 4. The fraction of sp³-hybridized carbons (Fsp3) is 0.167. The first-order valence-electron chi connectivity index (χ1n) is 5.05. The molecule has 0 atom stereocenters. The average molecular weight is 292 g/mol. The largest absolute Gasteiger partial charge is 0.432 e. The Morgan fingerprint density at radius 2 is 1.72 bits per heavy atom. The lowest BCUT2D eigenvalue weighted by Crippen LogP contribution is -2.06. The maximum Gasteiger partial charge on any atom is 0.432 e. The van der Waals surface area contributed by atoms with Crippen molar-refractivity contribution in [1.29, 1.82) is 0 Å². The zero-order chi connectivity index (χ0) is 13.5. The van der Waals surface area contributed by atoms with Crippen LogP contribution in [0.4, 0.5) is 13.2 Å². The fourth-order valence-electron chi connectivity index (χ4n) is 1.69. The molecule has 0 spiro atoms. The van der Waals surface area contributed by atoms with E-state index in [4.69, 9.17) is 11.6 Å². The van der Waals surface area contributed by atoms with Crippen LogP contribution in [-0.2, 0) is 6.18 Å². The predicted octanol–water partition coefficient (Wildman–Crippen LogP) is 4.95. The lowest BCUT2D eigenvalue weighted by molar-refractivity contribution is -0.142. The second-order valence-corrected chi connectivity index (χ2v) is 4.74. The molecule has 1 aromatic carbocycles.